The molecule has 0 spiro atoms. The van der Waals surface area contributed by atoms with Crippen molar-refractivity contribution in [2.24, 2.45) is 5.92 Å². The lowest BCUT2D eigenvalue weighted by atomic mass is 10.1. The van der Waals surface area contributed by atoms with Crippen LogP contribution in [0, 0.1) is 5.92 Å². The maximum Gasteiger partial charge on any atom is 0.229 e. The second-order valence-corrected chi connectivity index (χ2v) is 6.03. The Hall–Kier alpha value is -3.02. The molecular weight excluding hydrogens is 332 g/mol. The van der Waals surface area contributed by atoms with E-state index >= 15 is 0 Å². The van der Waals surface area contributed by atoms with Crippen LogP contribution in [-0.2, 0) is 9.59 Å². The Balaban J connectivity index is 1.71. The quantitative estimate of drug-likeness (QED) is 0.866. The summed E-state index contributed by atoms with van der Waals surface area (Å²) in [6.07, 6.45) is 0.180. The number of anilines is 2. The first-order chi connectivity index (χ1) is 12.6. The molecule has 136 valence electrons. The van der Waals surface area contributed by atoms with Gasteiger partial charge in [0.05, 0.1) is 25.3 Å². The normalized spacial score (nSPS) is 16.5. The number of hydrogen-bond donors (Lipinski definition) is 1. The summed E-state index contributed by atoms with van der Waals surface area (Å²) in [6.45, 7) is 2.74. The molecule has 6 heteroatoms. The molecule has 2 amide bonds. The topological polar surface area (TPSA) is 67.9 Å². The first-order valence-electron chi connectivity index (χ1n) is 8.59. The molecule has 0 radical (unpaired) electrons. The Morgan fingerprint density at radius 3 is 2.81 bits per heavy atom. The highest BCUT2D eigenvalue weighted by Gasteiger charge is 2.35. The minimum Gasteiger partial charge on any atom is -0.497 e. The van der Waals surface area contributed by atoms with E-state index in [1.807, 2.05) is 43.3 Å². The molecule has 1 unspecified atom stereocenters. The number of nitrogens with one attached hydrogen (secondary N) is 1. The predicted octanol–water partition coefficient (Wildman–Crippen LogP) is 3.09. The van der Waals surface area contributed by atoms with E-state index in [1.54, 1.807) is 24.1 Å². The van der Waals surface area contributed by atoms with Crippen LogP contribution in [0.15, 0.2) is 48.5 Å². The van der Waals surface area contributed by atoms with Crippen LogP contribution in [0.25, 0.3) is 0 Å². The Labute approximate surface area is 152 Å². The molecule has 2 aromatic rings. The van der Waals surface area contributed by atoms with Crippen LogP contribution >= 0.6 is 0 Å². The number of para-hydroxylation sites is 2. The van der Waals surface area contributed by atoms with Gasteiger partial charge in [0.2, 0.25) is 11.8 Å². The van der Waals surface area contributed by atoms with Crippen molar-refractivity contribution < 1.29 is 19.1 Å². The molecule has 3 rings (SSSR count). The van der Waals surface area contributed by atoms with Gasteiger partial charge in [-0.2, -0.15) is 0 Å². The summed E-state index contributed by atoms with van der Waals surface area (Å²) >= 11 is 0. The Morgan fingerprint density at radius 2 is 2.04 bits per heavy atom. The van der Waals surface area contributed by atoms with Crippen LogP contribution in [0.4, 0.5) is 11.4 Å². The molecule has 0 aliphatic carbocycles. The smallest absolute Gasteiger partial charge is 0.229 e. The summed E-state index contributed by atoms with van der Waals surface area (Å²) < 4.78 is 10.7. The van der Waals surface area contributed by atoms with Crippen molar-refractivity contribution in [3.63, 3.8) is 0 Å². The number of carbonyl (C=O) groups excluding carboxylic acids is 2. The zero-order valence-corrected chi connectivity index (χ0v) is 14.9. The monoisotopic (exact) mass is 354 g/mol. The number of methoxy groups -OCH3 is 1. The highest BCUT2D eigenvalue weighted by molar-refractivity contribution is 6.04. The van der Waals surface area contributed by atoms with Crippen molar-refractivity contribution in [3.05, 3.63) is 48.5 Å². The van der Waals surface area contributed by atoms with Crippen molar-refractivity contribution in [1.82, 2.24) is 0 Å². The fourth-order valence-electron chi connectivity index (χ4n) is 3.00. The Morgan fingerprint density at radius 1 is 1.23 bits per heavy atom. The molecule has 1 N–H and O–H groups in total. The number of ether oxygens (including phenoxy) is 2. The maximum absolute atomic E-state index is 12.6. The van der Waals surface area contributed by atoms with Gasteiger partial charge in [-0.05, 0) is 31.2 Å². The van der Waals surface area contributed by atoms with Gasteiger partial charge in [0.15, 0.2) is 0 Å². The van der Waals surface area contributed by atoms with Gasteiger partial charge in [-0.3, -0.25) is 9.59 Å². The van der Waals surface area contributed by atoms with E-state index in [4.69, 9.17) is 9.47 Å². The van der Waals surface area contributed by atoms with Gasteiger partial charge in [-0.1, -0.05) is 18.2 Å². The lowest BCUT2D eigenvalue weighted by Crippen LogP contribution is -2.28. The molecule has 1 fully saturated rings. The van der Waals surface area contributed by atoms with E-state index in [2.05, 4.69) is 5.32 Å². The summed E-state index contributed by atoms with van der Waals surface area (Å²) in [6, 6.07) is 14.6. The average Bonchev–Trinajstić information content (AvgIpc) is 3.05. The minimum absolute atomic E-state index is 0.0727. The third kappa shape index (κ3) is 3.79. The summed E-state index contributed by atoms with van der Waals surface area (Å²) in [7, 11) is 1.58. The molecule has 2 aromatic carbocycles. The molecule has 1 heterocycles. The molecule has 0 aromatic heterocycles. The van der Waals surface area contributed by atoms with Crippen molar-refractivity contribution >= 4 is 23.2 Å². The van der Waals surface area contributed by atoms with Crippen molar-refractivity contribution in [3.8, 4) is 11.5 Å². The maximum atomic E-state index is 12.6. The SMILES string of the molecule is CCOc1ccccc1NC(=O)C1CC(=O)N(c2cccc(OC)c2)C1. The first-order valence-corrected chi connectivity index (χ1v) is 8.59. The van der Waals surface area contributed by atoms with Crippen LogP contribution in [0.5, 0.6) is 11.5 Å². The van der Waals surface area contributed by atoms with Gasteiger partial charge in [0.1, 0.15) is 11.5 Å². The molecule has 0 saturated carbocycles. The van der Waals surface area contributed by atoms with Crippen molar-refractivity contribution in [1.29, 1.82) is 0 Å². The number of nitrogens with zero attached hydrogens (tertiary/aromatic N) is 1. The van der Waals surface area contributed by atoms with Gasteiger partial charge in [0, 0.05) is 24.7 Å². The zero-order chi connectivity index (χ0) is 18.5. The molecule has 1 saturated heterocycles. The molecule has 6 nitrogen and oxygen atoms in total. The van der Waals surface area contributed by atoms with E-state index < -0.39 is 5.92 Å². The van der Waals surface area contributed by atoms with E-state index in [-0.39, 0.29) is 18.2 Å². The number of rotatable bonds is 6. The average molecular weight is 354 g/mol. The summed E-state index contributed by atoms with van der Waals surface area (Å²) in [5.41, 5.74) is 1.35. The molecule has 26 heavy (non-hydrogen) atoms. The third-order valence-electron chi connectivity index (χ3n) is 4.31. The Kier molecular flexibility index (Phi) is 5.41. The van der Waals surface area contributed by atoms with Gasteiger partial charge in [-0.25, -0.2) is 0 Å². The molecule has 1 aliphatic heterocycles. The number of amides is 2. The minimum atomic E-state index is -0.414. The lowest BCUT2D eigenvalue weighted by Gasteiger charge is -2.18. The Bertz CT molecular complexity index is 806. The molecular formula is C20H22N2O4. The largest absolute Gasteiger partial charge is 0.497 e. The second kappa shape index (κ2) is 7.91. The van der Waals surface area contributed by atoms with Crippen LogP contribution < -0.4 is 19.7 Å². The van der Waals surface area contributed by atoms with Crippen LogP contribution in [0.3, 0.4) is 0 Å². The first kappa shape index (κ1) is 17.8. The van der Waals surface area contributed by atoms with E-state index in [0.717, 1.165) is 5.69 Å². The fraction of sp³-hybridized carbons (Fsp3) is 0.300. The highest BCUT2D eigenvalue weighted by Crippen LogP contribution is 2.30. The van der Waals surface area contributed by atoms with Crippen LogP contribution in [0.2, 0.25) is 0 Å². The number of benzene rings is 2. The van der Waals surface area contributed by atoms with Crippen molar-refractivity contribution in [2.45, 2.75) is 13.3 Å². The van der Waals surface area contributed by atoms with E-state index in [9.17, 15) is 9.59 Å². The summed E-state index contributed by atoms with van der Waals surface area (Å²) in [5, 5.41) is 2.88. The van der Waals surface area contributed by atoms with Crippen molar-refractivity contribution in [2.75, 3.05) is 30.5 Å². The summed E-state index contributed by atoms with van der Waals surface area (Å²) in [4.78, 5) is 26.7. The van der Waals surface area contributed by atoms with Gasteiger partial charge in [0.25, 0.3) is 0 Å². The molecule has 1 aliphatic rings. The van der Waals surface area contributed by atoms with Gasteiger partial charge >= 0.3 is 0 Å². The van der Waals surface area contributed by atoms with E-state index in [1.165, 1.54) is 0 Å². The molecule has 1 atom stereocenters. The van der Waals surface area contributed by atoms with Crippen LogP contribution in [0.1, 0.15) is 13.3 Å². The lowest BCUT2D eigenvalue weighted by molar-refractivity contribution is -0.122. The standard InChI is InChI=1S/C20H22N2O4/c1-3-26-18-10-5-4-9-17(18)21-20(24)14-11-19(23)22(13-14)15-7-6-8-16(12-15)25-2/h4-10,12,14H,3,11,13H2,1-2H3,(H,21,24). The predicted molar refractivity (Wildman–Crippen MR) is 99.7 cm³/mol. The zero-order valence-electron chi connectivity index (χ0n) is 14.9. The summed E-state index contributed by atoms with van der Waals surface area (Å²) in [5.74, 6) is 0.627. The fourth-order valence-corrected chi connectivity index (χ4v) is 3.00. The van der Waals surface area contributed by atoms with Gasteiger partial charge in [-0.15, -0.1) is 0 Å². The highest BCUT2D eigenvalue weighted by atomic mass is 16.5. The third-order valence-corrected chi connectivity index (χ3v) is 4.31. The van der Waals surface area contributed by atoms with E-state index in [0.29, 0.717) is 30.3 Å². The number of carbonyl (C=O) groups is 2. The van der Waals surface area contributed by atoms with Gasteiger partial charge < -0.3 is 19.7 Å². The second-order valence-electron chi connectivity index (χ2n) is 6.03. The molecule has 0 bridgehead atoms. The number of hydrogen-bond acceptors (Lipinski definition) is 4. The van der Waals surface area contributed by atoms with Crippen LogP contribution in [-0.4, -0.2) is 32.1 Å².